The van der Waals surface area contributed by atoms with Crippen LogP contribution in [0.15, 0.2) is 16.7 Å². The third-order valence-electron chi connectivity index (χ3n) is 1.71. The van der Waals surface area contributed by atoms with Gasteiger partial charge in [-0.25, -0.2) is 4.76 Å². The molecule has 0 amide bonds. The minimum Gasteiger partial charge on any atom is -0.350 e. The van der Waals surface area contributed by atoms with Crippen LogP contribution < -0.4 is 0 Å². The van der Waals surface area contributed by atoms with Crippen LogP contribution in [0.1, 0.15) is 6.92 Å². The smallest absolute Gasteiger partial charge is 0.133 e. The Balaban J connectivity index is 2.12. The standard InChI is InChI=1S/C6H9N2P3/c1-5-4-8(5)6-2-3-9-11-10-7-6/h2-3,5,9H,4H2,1H3. The Labute approximate surface area is 71.3 Å². The van der Waals surface area contributed by atoms with E-state index in [2.05, 4.69) is 28.5 Å². The fourth-order valence-corrected chi connectivity index (χ4v) is 4.10. The SMILES string of the molecule is CC1CN1C1=NP=PPC=C1. The Bertz CT molecular complexity index is 246. The molecule has 2 nitrogen and oxygen atoms in total. The first-order valence-electron chi connectivity index (χ1n) is 3.54. The van der Waals surface area contributed by atoms with Gasteiger partial charge in [0.05, 0.1) is 8.02 Å². The summed E-state index contributed by atoms with van der Waals surface area (Å²) in [4.78, 5) is 2.33. The lowest BCUT2D eigenvalue weighted by molar-refractivity contribution is 0.771. The van der Waals surface area contributed by atoms with Gasteiger partial charge in [-0.15, -0.1) is 0 Å². The van der Waals surface area contributed by atoms with Gasteiger partial charge in [-0.05, 0) is 28.8 Å². The number of hydrogen-bond acceptors (Lipinski definition) is 2. The largest absolute Gasteiger partial charge is 0.350 e. The van der Waals surface area contributed by atoms with Crippen LogP contribution in [-0.4, -0.2) is 23.3 Å². The summed E-state index contributed by atoms with van der Waals surface area (Å²) in [6, 6.07) is 0.728. The van der Waals surface area contributed by atoms with Crippen LogP contribution in [0.25, 0.3) is 0 Å². The minimum absolute atomic E-state index is 0.728. The monoisotopic (exact) mass is 202 g/mol. The van der Waals surface area contributed by atoms with Crippen LogP contribution in [0, 0.1) is 0 Å². The Morgan fingerprint density at radius 1 is 1.82 bits per heavy atom. The van der Waals surface area contributed by atoms with Gasteiger partial charge in [0.2, 0.25) is 0 Å². The highest BCUT2D eigenvalue weighted by molar-refractivity contribution is 8.25. The second-order valence-electron chi connectivity index (χ2n) is 2.61. The maximum Gasteiger partial charge on any atom is 0.133 e. The Morgan fingerprint density at radius 3 is 3.36 bits per heavy atom. The molecule has 0 aromatic carbocycles. The summed E-state index contributed by atoms with van der Waals surface area (Å²) in [6.07, 6.45) is 2.16. The van der Waals surface area contributed by atoms with E-state index in [-0.39, 0.29) is 0 Å². The second-order valence-corrected chi connectivity index (χ2v) is 7.49. The molecule has 2 unspecified atom stereocenters. The predicted octanol–water partition coefficient (Wildman–Crippen LogP) is 2.93. The van der Waals surface area contributed by atoms with Crippen molar-refractivity contribution in [3.05, 3.63) is 11.9 Å². The second kappa shape index (κ2) is 3.31. The van der Waals surface area contributed by atoms with Gasteiger partial charge in [-0.3, -0.25) is 0 Å². The predicted molar refractivity (Wildman–Crippen MR) is 54.9 cm³/mol. The van der Waals surface area contributed by atoms with Crippen LogP contribution >= 0.6 is 23.8 Å². The van der Waals surface area contributed by atoms with E-state index in [1.54, 1.807) is 0 Å². The zero-order valence-electron chi connectivity index (χ0n) is 6.23. The van der Waals surface area contributed by atoms with Crippen molar-refractivity contribution in [2.45, 2.75) is 13.0 Å². The first-order chi connectivity index (χ1) is 5.38. The molecule has 0 aromatic rings. The summed E-state index contributed by atoms with van der Waals surface area (Å²) in [5.41, 5.74) is 0. The Kier molecular flexibility index (Phi) is 2.37. The molecular weight excluding hydrogens is 193 g/mol. The average molecular weight is 202 g/mol. The van der Waals surface area contributed by atoms with E-state index in [1.807, 2.05) is 0 Å². The van der Waals surface area contributed by atoms with Gasteiger partial charge >= 0.3 is 0 Å². The Morgan fingerprint density at radius 2 is 2.64 bits per heavy atom. The summed E-state index contributed by atoms with van der Waals surface area (Å²) in [5, 5.41) is 0. The zero-order chi connectivity index (χ0) is 7.68. The highest BCUT2D eigenvalue weighted by Crippen LogP contribution is 2.40. The lowest BCUT2D eigenvalue weighted by Gasteiger charge is -1.99. The molecule has 0 aliphatic carbocycles. The maximum atomic E-state index is 4.46. The quantitative estimate of drug-likeness (QED) is 0.435. The van der Waals surface area contributed by atoms with Gasteiger partial charge < -0.3 is 4.90 Å². The summed E-state index contributed by atoms with van der Waals surface area (Å²) < 4.78 is 4.46. The van der Waals surface area contributed by atoms with Crippen molar-refractivity contribution in [1.82, 2.24) is 4.90 Å². The number of nitrogens with zero attached hydrogens (tertiary/aromatic N) is 2. The lowest BCUT2D eigenvalue weighted by atomic mass is 10.5. The minimum atomic E-state index is 0.728. The summed E-state index contributed by atoms with van der Waals surface area (Å²) >= 11 is 0. The third kappa shape index (κ3) is 1.88. The molecule has 0 saturated carbocycles. The van der Waals surface area contributed by atoms with Gasteiger partial charge in [0.15, 0.2) is 0 Å². The molecule has 58 valence electrons. The number of hydrogen-bond donors (Lipinski definition) is 0. The molecule has 11 heavy (non-hydrogen) atoms. The molecule has 0 aromatic heterocycles. The first kappa shape index (κ1) is 7.87. The molecule has 0 bridgehead atoms. The van der Waals surface area contributed by atoms with E-state index >= 15 is 0 Å². The van der Waals surface area contributed by atoms with Crippen molar-refractivity contribution in [3.63, 3.8) is 0 Å². The van der Waals surface area contributed by atoms with Crippen molar-refractivity contribution in [1.29, 1.82) is 0 Å². The highest BCUT2D eigenvalue weighted by Gasteiger charge is 2.30. The molecule has 1 fully saturated rings. The first-order valence-corrected chi connectivity index (χ1v) is 7.91. The van der Waals surface area contributed by atoms with Crippen molar-refractivity contribution < 1.29 is 0 Å². The van der Waals surface area contributed by atoms with Crippen LogP contribution in [0.4, 0.5) is 0 Å². The maximum absolute atomic E-state index is 4.46. The van der Waals surface area contributed by atoms with E-state index in [9.17, 15) is 0 Å². The summed E-state index contributed by atoms with van der Waals surface area (Å²) in [5.74, 6) is 3.43. The number of rotatable bonds is 0. The molecule has 1 saturated heterocycles. The van der Waals surface area contributed by atoms with Crippen molar-refractivity contribution in [2.24, 2.45) is 4.76 Å². The fourth-order valence-electron chi connectivity index (χ4n) is 0.983. The highest BCUT2D eigenvalue weighted by atomic mass is 32.2. The molecule has 0 N–H and O–H groups in total. The van der Waals surface area contributed by atoms with Crippen LogP contribution in [0.3, 0.4) is 0 Å². The summed E-state index contributed by atoms with van der Waals surface area (Å²) in [6.45, 7) is 3.43. The van der Waals surface area contributed by atoms with Crippen molar-refractivity contribution in [2.75, 3.05) is 6.54 Å². The molecule has 2 atom stereocenters. The topological polar surface area (TPSA) is 15.4 Å². The van der Waals surface area contributed by atoms with Crippen LogP contribution in [0.5, 0.6) is 0 Å². The van der Waals surface area contributed by atoms with E-state index in [0.717, 1.165) is 14.3 Å². The molecule has 5 heteroatoms. The molecule has 2 aliphatic heterocycles. The van der Waals surface area contributed by atoms with E-state index in [4.69, 9.17) is 0 Å². The van der Waals surface area contributed by atoms with E-state index in [0.29, 0.717) is 0 Å². The lowest BCUT2D eigenvalue weighted by Crippen LogP contribution is -2.07. The average Bonchev–Trinajstić information content (AvgIpc) is 2.71. The van der Waals surface area contributed by atoms with Crippen LogP contribution in [0.2, 0.25) is 0 Å². The van der Waals surface area contributed by atoms with Gasteiger partial charge in [-0.2, -0.15) is 0 Å². The molecule has 2 heterocycles. The summed E-state index contributed by atoms with van der Waals surface area (Å²) in [7, 11) is 3.57. The van der Waals surface area contributed by atoms with E-state index < -0.39 is 0 Å². The number of amidine groups is 1. The van der Waals surface area contributed by atoms with Crippen molar-refractivity contribution in [3.8, 4) is 0 Å². The van der Waals surface area contributed by atoms with Gasteiger partial charge in [0, 0.05) is 12.6 Å². The Hall–Kier alpha value is 0.240. The molecule has 0 radical (unpaired) electrons. The fraction of sp³-hybridized carbons (Fsp3) is 0.500. The van der Waals surface area contributed by atoms with Crippen LogP contribution in [-0.2, 0) is 0 Å². The zero-order valence-corrected chi connectivity index (χ0v) is 9.02. The molecule has 0 spiro atoms. The van der Waals surface area contributed by atoms with Gasteiger partial charge in [0.1, 0.15) is 5.84 Å². The molecule has 2 rings (SSSR count). The van der Waals surface area contributed by atoms with Crippen molar-refractivity contribution >= 4 is 29.7 Å². The van der Waals surface area contributed by atoms with E-state index in [1.165, 1.54) is 28.0 Å². The molecule has 2 aliphatic rings. The normalized spacial score (nSPS) is 33.4. The van der Waals surface area contributed by atoms with Gasteiger partial charge in [0.25, 0.3) is 0 Å². The third-order valence-corrected chi connectivity index (χ3v) is 5.70. The van der Waals surface area contributed by atoms with Gasteiger partial charge in [-0.1, -0.05) is 5.82 Å². The molecular formula is C6H9N2P3.